The normalized spacial score (nSPS) is 14.5. The lowest BCUT2D eigenvalue weighted by molar-refractivity contribution is -0.384. The molecule has 0 radical (unpaired) electrons. The molecule has 0 aliphatic carbocycles. The fourth-order valence-corrected chi connectivity index (χ4v) is 2.77. The van der Waals surface area contributed by atoms with E-state index in [1.807, 2.05) is 6.92 Å². The van der Waals surface area contributed by atoms with Crippen LogP contribution in [0.4, 0.5) is 5.69 Å². The molecule has 0 bridgehead atoms. The molecule has 1 aliphatic rings. The molecule has 9 heteroatoms. The van der Waals surface area contributed by atoms with Crippen LogP contribution < -0.4 is 9.47 Å². The average Bonchev–Trinajstić information content (AvgIpc) is 3.07. The van der Waals surface area contributed by atoms with Gasteiger partial charge in [-0.25, -0.2) is 9.79 Å². The van der Waals surface area contributed by atoms with Crippen LogP contribution in [0.2, 0.25) is 5.02 Å². The smallest absolute Gasteiger partial charge is 0.363 e. The van der Waals surface area contributed by atoms with Gasteiger partial charge in [0.2, 0.25) is 5.90 Å². The van der Waals surface area contributed by atoms with Gasteiger partial charge in [0, 0.05) is 11.6 Å². The van der Waals surface area contributed by atoms with Crippen LogP contribution in [0.15, 0.2) is 47.1 Å². The molecule has 1 heterocycles. The fraction of sp³-hybridized carbons (Fsp3) is 0.200. The van der Waals surface area contributed by atoms with Gasteiger partial charge < -0.3 is 14.2 Å². The maximum Gasteiger partial charge on any atom is 0.363 e. The molecule has 0 N–H and O–H groups in total. The van der Waals surface area contributed by atoms with Crippen LogP contribution in [0.3, 0.4) is 0 Å². The van der Waals surface area contributed by atoms with Crippen molar-refractivity contribution in [1.82, 2.24) is 0 Å². The van der Waals surface area contributed by atoms with Crippen LogP contribution in [-0.4, -0.2) is 30.5 Å². The predicted molar refractivity (Wildman–Crippen MR) is 107 cm³/mol. The van der Waals surface area contributed by atoms with Gasteiger partial charge in [0.25, 0.3) is 5.69 Å². The molecule has 0 atom stereocenters. The van der Waals surface area contributed by atoms with Crippen molar-refractivity contribution in [2.45, 2.75) is 13.3 Å². The highest BCUT2D eigenvalue weighted by atomic mass is 35.5. The molecule has 0 saturated heterocycles. The first-order valence-corrected chi connectivity index (χ1v) is 9.08. The van der Waals surface area contributed by atoms with Crippen LogP contribution >= 0.6 is 11.6 Å². The topological polar surface area (TPSA) is 100 Å². The Labute approximate surface area is 171 Å². The summed E-state index contributed by atoms with van der Waals surface area (Å²) < 4.78 is 16.1. The van der Waals surface area contributed by atoms with Crippen molar-refractivity contribution in [3.05, 3.63) is 68.4 Å². The highest BCUT2D eigenvalue weighted by molar-refractivity contribution is 6.32. The summed E-state index contributed by atoms with van der Waals surface area (Å²) in [7, 11) is 1.53. The molecule has 0 spiro atoms. The van der Waals surface area contributed by atoms with Gasteiger partial charge in [0.15, 0.2) is 17.2 Å². The van der Waals surface area contributed by atoms with Crippen molar-refractivity contribution in [2.75, 3.05) is 13.7 Å². The molecular weight excluding hydrogens is 400 g/mol. The van der Waals surface area contributed by atoms with Gasteiger partial charge >= 0.3 is 5.97 Å². The molecule has 0 saturated carbocycles. The van der Waals surface area contributed by atoms with E-state index < -0.39 is 10.9 Å². The number of carbonyl (C=O) groups excluding carboxylic acids is 1. The Bertz CT molecular complexity index is 1030. The SMILES string of the molecule is CCCOc1ccc(/C=C2\N=C(c3ccc(Cl)c([N+](=O)[O-])c3)OC2=O)cc1OC. The third-order valence-electron chi connectivity index (χ3n) is 3.96. The average molecular weight is 417 g/mol. The monoisotopic (exact) mass is 416 g/mol. The minimum absolute atomic E-state index is 0.0167. The van der Waals surface area contributed by atoms with Crippen molar-refractivity contribution >= 4 is 35.2 Å². The van der Waals surface area contributed by atoms with E-state index in [-0.39, 0.29) is 27.9 Å². The van der Waals surface area contributed by atoms with Crippen LogP contribution in [0.1, 0.15) is 24.5 Å². The summed E-state index contributed by atoms with van der Waals surface area (Å²) in [6.45, 7) is 2.56. The lowest BCUT2D eigenvalue weighted by Gasteiger charge is -2.10. The van der Waals surface area contributed by atoms with Gasteiger partial charge in [0.05, 0.1) is 18.6 Å². The van der Waals surface area contributed by atoms with Crippen molar-refractivity contribution in [2.24, 2.45) is 4.99 Å². The Kier molecular flexibility index (Phi) is 6.13. The summed E-state index contributed by atoms with van der Waals surface area (Å²) in [5.74, 6) is 0.429. The number of halogens is 1. The maximum absolute atomic E-state index is 12.2. The van der Waals surface area contributed by atoms with E-state index in [0.717, 1.165) is 6.42 Å². The Morgan fingerprint density at radius 2 is 2.03 bits per heavy atom. The summed E-state index contributed by atoms with van der Waals surface area (Å²) in [4.78, 5) is 26.8. The molecule has 1 aliphatic heterocycles. The standard InChI is InChI=1S/C20H17ClN2O6/c1-3-8-28-17-7-4-12(10-18(17)27-2)9-15-20(24)29-19(22-15)13-5-6-14(21)16(11-13)23(25)26/h4-7,9-11H,3,8H2,1-2H3/b15-9-. The summed E-state index contributed by atoms with van der Waals surface area (Å²) in [5, 5.41) is 11.0. The van der Waals surface area contributed by atoms with Gasteiger partial charge in [0.1, 0.15) is 5.02 Å². The van der Waals surface area contributed by atoms with E-state index in [0.29, 0.717) is 23.7 Å². The molecular formula is C20H17ClN2O6. The predicted octanol–water partition coefficient (Wildman–Crippen LogP) is 4.39. The first-order valence-electron chi connectivity index (χ1n) is 8.70. The quantitative estimate of drug-likeness (QED) is 0.287. The van der Waals surface area contributed by atoms with E-state index in [2.05, 4.69) is 4.99 Å². The molecule has 150 valence electrons. The number of nitro benzene ring substituents is 1. The molecule has 0 amide bonds. The molecule has 8 nitrogen and oxygen atoms in total. The molecule has 0 aromatic heterocycles. The first-order chi connectivity index (χ1) is 13.9. The lowest BCUT2D eigenvalue weighted by atomic mass is 10.1. The van der Waals surface area contributed by atoms with Gasteiger partial charge in [-0.2, -0.15) is 0 Å². The number of esters is 1. The number of ether oxygens (including phenoxy) is 3. The number of hydrogen-bond acceptors (Lipinski definition) is 7. The van der Waals surface area contributed by atoms with Crippen molar-refractivity contribution < 1.29 is 23.9 Å². The van der Waals surface area contributed by atoms with Crippen LogP contribution in [-0.2, 0) is 9.53 Å². The highest BCUT2D eigenvalue weighted by Crippen LogP contribution is 2.31. The minimum Gasteiger partial charge on any atom is -0.493 e. The van der Waals surface area contributed by atoms with E-state index in [4.69, 9.17) is 25.8 Å². The van der Waals surface area contributed by atoms with Crippen molar-refractivity contribution in [1.29, 1.82) is 0 Å². The summed E-state index contributed by atoms with van der Waals surface area (Å²) in [6, 6.07) is 9.27. The van der Waals surface area contributed by atoms with Gasteiger partial charge in [-0.3, -0.25) is 10.1 Å². The molecule has 3 rings (SSSR count). The summed E-state index contributed by atoms with van der Waals surface area (Å²) in [6.07, 6.45) is 2.40. The van der Waals surface area contributed by atoms with E-state index in [1.165, 1.54) is 31.4 Å². The number of carbonyl (C=O) groups is 1. The Morgan fingerprint density at radius 1 is 1.24 bits per heavy atom. The third kappa shape index (κ3) is 4.55. The van der Waals surface area contributed by atoms with Crippen LogP contribution in [0.5, 0.6) is 11.5 Å². The summed E-state index contributed by atoms with van der Waals surface area (Å²) >= 11 is 5.81. The zero-order valence-corrected chi connectivity index (χ0v) is 16.4. The van der Waals surface area contributed by atoms with Crippen LogP contribution in [0, 0.1) is 10.1 Å². The number of benzene rings is 2. The summed E-state index contributed by atoms with van der Waals surface area (Å²) in [5.41, 5.74) is 0.693. The maximum atomic E-state index is 12.2. The number of rotatable bonds is 7. The largest absolute Gasteiger partial charge is 0.493 e. The lowest BCUT2D eigenvalue weighted by Crippen LogP contribution is -2.06. The third-order valence-corrected chi connectivity index (χ3v) is 4.28. The molecule has 0 unspecified atom stereocenters. The fourth-order valence-electron chi connectivity index (χ4n) is 2.58. The second-order valence-corrected chi connectivity index (χ2v) is 6.43. The first kappa shape index (κ1) is 20.3. The molecule has 2 aromatic carbocycles. The number of cyclic esters (lactones) is 1. The number of methoxy groups -OCH3 is 1. The van der Waals surface area contributed by atoms with Gasteiger partial charge in [-0.15, -0.1) is 0 Å². The van der Waals surface area contributed by atoms with Gasteiger partial charge in [-0.1, -0.05) is 24.6 Å². The molecule has 29 heavy (non-hydrogen) atoms. The minimum atomic E-state index is -0.664. The Balaban J connectivity index is 1.91. The highest BCUT2D eigenvalue weighted by Gasteiger charge is 2.26. The van der Waals surface area contributed by atoms with Crippen molar-refractivity contribution in [3.63, 3.8) is 0 Å². The zero-order valence-electron chi connectivity index (χ0n) is 15.7. The van der Waals surface area contributed by atoms with E-state index in [1.54, 1.807) is 18.2 Å². The number of aliphatic imine (C=N–C) groups is 1. The Morgan fingerprint density at radius 3 is 2.72 bits per heavy atom. The van der Waals surface area contributed by atoms with Gasteiger partial charge in [-0.05, 0) is 42.3 Å². The van der Waals surface area contributed by atoms with Crippen molar-refractivity contribution in [3.8, 4) is 11.5 Å². The Hall–Kier alpha value is -3.39. The second-order valence-electron chi connectivity index (χ2n) is 6.02. The van der Waals surface area contributed by atoms with E-state index >= 15 is 0 Å². The second kappa shape index (κ2) is 8.74. The zero-order chi connectivity index (χ0) is 21.0. The molecule has 0 fully saturated rings. The number of nitro groups is 1. The number of nitrogens with zero attached hydrogens (tertiary/aromatic N) is 2. The molecule has 2 aromatic rings. The van der Waals surface area contributed by atoms with E-state index in [9.17, 15) is 14.9 Å². The number of hydrogen-bond donors (Lipinski definition) is 0. The van der Waals surface area contributed by atoms with Crippen LogP contribution in [0.25, 0.3) is 6.08 Å².